The lowest BCUT2D eigenvalue weighted by Crippen LogP contribution is -2.32. The van der Waals surface area contributed by atoms with Gasteiger partial charge in [0.15, 0.2) is 0 Å². The average Bonchev–Trinajstić information content (AvgIpc) is 2.53. The topological polar surface area (TPSA) is 25.2 Å². The molecule has 0 aliphatic rings. The van der Waals surface area contributed by atoms with Crippen LogP contribution in [0, 0.1) is 0 Å². The standard InChI is InChI=1S/C9H12F3NO/c1-13-8(5-9(10,11)12)4-7-2-3-14-6-7/h2-3,6,8,13H,4-5H2,1H3. The van der Waals surface area contributed by atoms with Gasteiger partial charge in [-0.25, -0.2) is 0 Å². The van der Waals surface area contributed by atoms with Gasteiger partial charge in [0.2, 0.25) is 0 Å². The van der Waals surface area contributed by atoms with Crippen molar-refractivity contribution >= 4 is 0 Å². The van der Waals surface area contributed by atoms with Crippen molar-refractivity contribution in [3.8, 4) is 0 Å². The summed E-state index contributed by atoms with van der Waals surface area (Å²) in [5.74, 6) is 0. The van der Waals surface area contributed by atoms with Gasteiger partial charge in [0.25, 0.3) is 0 Å². The lowest BCUT2D eigenvalue weighted by molar-refractivity contribution is -0.139. The Labute approximate surface area is 80.1 Å². The number of hydrogen-bond acceptors (Lipinski definition) is 2. The molecule has 14 heavy (non-hydrogen) atoms. The first-order valence-corrected chi connectivity index (χ1v) is 4.26. The molecule has 2 nitrogen and oxygen atoms in total. The third-order valence-corrected chi connectivity index (χ3v) is 1.95. The Hall–Kier alpha value is -0.970. The molecule has 0 saturated carbocycles. The molecule has 80 valence electrons. The number of halogens is 3. The fraction of sp³-hybridized carbons (Fsp3) is 0.556. The van der Waals surface area contributed by atoms with Crippen molar-refractivity contribution in [2.45, 2.75) is 25.1 Å². The van der Waals surface area contributed by atoms with E-state index in [9.17, 15) is 13.2 Å². The fourth-order valence-corrected chi connectivity index (χ4v) is 1.25. The van der Waals surface area contributed by atoms with Gasteiger partial charge in [-0.1, -0.05) is 0 Å². The van der Waals surface area contributed by atoms with E-state index in [0.717, 1.165) is 5.56 Å². The van der Waals surface area contributed by atoms with E-state index in [-0.39, 0.29) is 0 Å². The first-order chi connectivity index (χ1) is 6.51. The molecule has 1 heterocycles. The normalized spacial score (nSPS) is 14.3. The van der Waals surface area contributed by atoms with Crippen molar-refractivity contribution < 1.29 is 17.6 Å². The highest BCUT2D eigenvalue weighted by atomic mass is 19.4. The van der Waals surface area contributed by atoms with Crippen molar-refractivity contribution in [1.29, 1.82) is 0 Å². The minimum atomic E-state index is -4.13. The molecular weight excluding hydrogens is 195 g/mol. The number of rotatable bonds is 4. The third kappa shape index (κ3) is 3.83. The predicted octanol–water partition coefficient (Wildman–Crippen LogP) is 2.36. The highest BCUT2D eigenvalue weighted by molar-refractivity contribution is 5.07. The van der Waals surface area contributed by atoms with Gasteiger partial charge < -0.3 is 9.73 Å². The molecule has 1 rings (SSSR count). The second kappa shape index (κ2) is 4.50. The summed E-state index contributed by atoms with van der Waals surface area (Å²) < 4.78 is 41.0. The zero-order valence-corrected chi connectivity index (χ0v) is 7.77. The summed E-state index contributed by atoms with van der Waals surface area (Å²) in [5, 5.41) is 2.64. The van der Waals surface area contributed by atoms with E-state index >= 15 is 0 Å². The number of nitrogens with one attached hydrogen (secondary N) is 1. The van der Waals surface area contributed by atoms with Crippen LogP contribution in [0.1, 0.15) is 12.0 Å². The Bertz CT molecular complexity index is 256. The van der Waals surface area contributed by atoms with Gasteiger partial charge in [-0.3, -0.25) is 0 Å². The Morgan fingerprint density at radius 3 is 2.64 bits per heavy atom. The predicted molar refractivity (Wildman–Crippen MR) is 45.9 cm³/mol. The van der Waals surface area contributed by atoms with Crippen LogP contribution in [0.3, 0.4) is 0 Å². The van der Waals surface area contributed by atoms with Gasteiger partial charge in [-0.2, -0.15) is 13.2 Å². The Morgan fingerprint density at radius 1 is 1.50 bits per heavy atom. The molecule has 0 aromatic carbocycles. The van der Waals surface area contributed by atoms with Gasteiger partial charge in [0, 0.05) is 6.04 Å². The lowest BCUT2D eigenvalue weighted by Gasteiger charge is -2.16. The first-order valence-electron chi connectivity index (χ1n) is 4.26. The lowest BCUT2D eigenvalue weighted by atomic mass is 10.1. The van der Waals surface area contributed by atoms with Crippen LogP contribution < -0.4 is 5.32 Å². The van der Waals surface area contributed by atoms with E-state index < -0.39 is 18.6 Å². The van der Waals surface area contributed by atoms with Gasteiger partial charge in [0.1, 0.15) is 0 Å². The average molecular weight is 207 g/mol. The van der Waals surface area contributed by atoms with Gasteiger partial charge in [0.05, 0.1) is 18.9 Å². The van der Waals surface area contributed by atoms with Crippen molar-refractivity contribution in [2.75, 3.05) is 7.05 Å². The van der Waals surface area contributed by atoms with Crippen LogP contribution in [-0.2, 0) is 6.42 Å². The molecule has 0 saturated heterocycles. The third-order valence-electron chi connectivity index (χ3n) is 1.95. The zero-order chi connectivity index (χ0) is 10.6. The molecule has 1 unspecified atom stereocenters. The monoisotopic (exact) mass is 207 g/mol. The maximum absolute atomic E-state index is 12.1. The number of furan rings is 1. The van der Waals surface area contributed by atoms with Crippen LogP contribution in [0.4, 0.5) is 13.2 Å². The zero-order valence-electron chi connectivity index (χ0n) is 7.77. The molecule has 0 amide bonds. The molecule has 1 aromatic heterocycles. The summed E-state index contributed by atoms with van der Waals surface area (Å²) in [7, 11) is 1.52. The summed E-state index contributed by atoms with van der Waals surface area (Å²) in [6.45, 7) is 0. The maximum atomic E-state index is 12.1. The number of alkyl halides is 3. The molecule has 0 spiro atoms. The molecule has 1 aromatic rings. The smallest absolute Gasteiger partial charge is 0.390 e. The highest BCUT2D eigenvalue weighted by Gasteiger charge is 2.31. The van der Waals surface area contributed by atoms with E-state index in [4.69, 9.17) is 4.42 Å². The SMILES string of the molecule is CNC(Cc1ccoc1)CC(F)(F)F. The van der Waals surface area contributed by atoms with Crippen LogP contribution >= 0.6 is 0 Å². The van der Waals surface area contributed by atoms with Crippen molar-refractivity contribution in [1.82, 2.24) is 5.32 Å². The van der Waals surface area contributed by atoms with E-state index in [2.05, 4.69) is 5.32 Å². The molecular formula is C9H12F3NO. The van der Waals surface area contributed by atoms with E-state index in [0.29, 0.717) is 6.42 Å². The quantitative estimate of drug-likeness (QED) is 0.819. The number of likely N-dealkylation sites (N-methyl/N-ethyl adjacent to an activating group) is 1. The summed E-state index contributed by atoms with van der Waals surface area (Å²) in [6.07, 6.45) is -1.71. The van der Waals surface area contributed by atoms with E-state index in [1.165, 1.54) is 19.6 Å². The summed E-state index contributed by atoms with van der Waals surface area (Å²) >= 11 is 0. The van der Waals surface area contributed by atoms with Gasteiger partial charge in [-0.05, 0) is 25.1 Å². The second-order valence-electron chi connectivity index (χ2n) is 3.14. The van der Waals surface area contributed by atoms with Crippen LogP contribution in [-0.4, -0.2) is 19.3 Å². The molecule has 0 aliphatic heterocycles. The number of hydrogen-bond donors (Lipinski definition) is 1. The second-order valence-corrected chi connectivity index (χ2v) is 3.14. The van der Waals surface area contributed by atoms with Crippen LogP contribution in [0.25, 0.3) is 0 Å². The van der Waals surface area contributed by atoms with Crippen LogP contribution in [0.15, 0.2) is 23.0 Å². The molecule has 5 heteroatoms. The minimum absolute atomic E-state index is 0.326. The largest absolute Gasteiger partial charge is 0.472 e. The molecule has 0 aliphatic carbocycles. The van der Waals surface area contributed by atoms with Crippen molar-refractivity contribution in [2.24, 2.45) is 0 Å². The Morgan fingerprint density at radius 2 is 2.21 bits per heavy atom. The van der Waals surface area contributed by atoms with Crippen molar-refractivity contribution in [3.63, 3.8) is 0 Å². The van der Waals surface area contributed by atoms with Gasteiger partial charge in [-0.15, -0.1) is 0 Å². The van der Waals surface area contributed by atoms with Crippen molar-refractivity contribution in [3.05, 3.63) is 24.2 Å². The fourth-order valence-electron chi connectivity index (χ4n) is 1.25. The Kier molecular flexibility index (Phi) is 3.57. The summed E-state index contributed by atoms with van der Waals surface area (Å²) in [4.78, 5) is 0. The summed E-state index contributed by atoms with van der Waals surface area (Å²) in [5.41, 5.74) is 0.772. The minimum Gasteiger partial charge on any atom is -0.472 e. The van der Waals surface area contributed by atoms with E-state index in [1.807, 2.05) is 0 Å². The molecule has 0 fully saturated rings. The maximum Gasteiger partial charge on any atom is 0.390 e. The Balaban J connectivity index is 2.47. The molecule has 1 atom stereocenters. The molecule has 0 bridgehead atoms. The molecule has 1 N–H and O–H groups in total. The van der Waals surface area contributed by atoms with Crippen LogP contribution in [0.5, 0.6) is 0 Å². The van der Waals surface area contributed by atoms with Gasteiger partial charge >= 0.3 is 6.18 Å². The summed E-state index contributed by atoms with van der Waals surface area (Å²) in [6, 6.07) is 1.08. The first kappa shape index (κ1) is 11.1. The van der Waals surface area contributed by atoms with E-state index in [1.54, 1.807) is 6.07 Å². The van der Waals surface area contributed by atoms with Crippen LogP contribution in [0.2, 0.25) is 0 Å². The highest BCUT2D eigenvalue weighted by Crippen LogP contribution is 2.23. The molecule has 0 radical (unpaired) electrons.